The van der Waals surface area contributed by atoms with Gasteiger partial charge in [-0.15, -0.1) is 0 Å². The molecule has 2 rings (SSSR count). The molecule has 0 radical (unpaired) electrons. The number of rotatable bonds is 5. The highest BCUT2D eigenvalue weighted by molar-refractivity contribution is 5.91. The van der Waals surface area contributed by atoms with Gasteiger partial charge in [-0.25, -0.2) is 0 Å². The lowest BCUT2D eigenvalue weighted by Gasteiger charge is -2.30. The van der Waals surface area contributed by atoms with E-state index in [4.69, 9.17) is 0 Å². The first-order valence-corrected chi connectivity index (χ1v) is 7.58. The third kappa shape index (κ3) is 3.69. The van der Waals surface area contributed by atoms with Crippen LogP contribution in [0.5, 0.6) is 0 Å². The summed E-state index contributed by atoms with van der Waals surface area (Å²) in [6.07, 6.45) is 3.01. The van der Waals surface area contributed by atoms with Crippen molar-refractivity contribution in [1.29, 1.82) is 0 Å². The molecule has 1 fully saturated rings. The molecule has 3 atom stereocenters. The fourth-order valence-electron chi connectivity index (χ4n) is 2.64. The SMILES string of the molecule is CCC(=O)[C@@H](NC(=O)[C@@H]1CC1c1ccccn1)C(C)(C)C. The normalized spacial score (nSPS) is 22.5. The number of ketones is 1. The second-order valence-corrected chi connectivity index (χ2v) is 6.83. The first-order chi connectivity index (χ1) is 9.84. The zero-order chi connectivity index (χ0) is 15.6. The van der Waals surface area contributed by atoms with Crippen molar-refractivity contribution in [3.8, 4) is 0 Å². The summed E-state index contributed by atoms with van der Waals surface area (Å²) < 4.78 is 0. The van der Waals surface area contributed by atoms with E-state index in [0.717, 1.165) is 12.1 Å². The maximum absolute atomic E-state index is 12.4. The first kappa shape index (κ1) is 15.7. The largest absolute Gasteiger partial charge is 0.346 e. The fourth-order valence-corrected chi connectivity index (χ4v) is 2.64. The molecule has 0 spiro atoms. The molecule has 1 amide bonds. The van der Waals surface area contributed by atoms with Gasteiger partial charge in [0.2, 0.25) is 5.91 Å². The summed E-state index contributed by atoms with van der Waals surface area (Å²) in [6, 6.07) is 5.35. The van der Waals surface area contributed by atoms with Crippen LogP contribution in [0.25, 0.3) is 0 Å². The maximum Gasteiger partial charge on any atom is 0.224 e. The Morgan fingerprint density at radius 3 is 2.62 bits per heavy atom. The Balaban J connectivity index is 2.00. The second-order valence-electron chi connectivity index (χ2n) is 6.83. The minimum Gasteiger partial charge on any atom is -0.346 e. The average Bonchev–Trinajstić information content (AvgIpc) is 3.24. The van der Waals surface area contributed by atoms with E-state index in [1.807, 2.05) is 45.9 Å². The second kappa shape index (κ2) is 5.96. The van der Waals surface area contributed by atoms with Gasteiger partial charge in [-0.2, -0.15) is 0 Å². The quantitative estimate of drug-likeness (QED) is 0.906. The van der Waals surface area contributed by atoms with Crippen molar-refractivity contribution in [2.75, 3.05) is 0 Å². The highest BCUT2D eigenvalue weighted by Gasteiger charge is 2.46. The number of carbonyl (C=O) groups is 2. The molecule has 114 valence electrons. The molecule has 1 aliphatic carbocycles. The van der Waals surface area contributed by atoms with E-state index in [0.29, 0.717) is 6.42 Å². The van der Waals surface area contributed by atoms with Gasteiger partial charge >= 0.3 is 0 Å². The molecule has 0 aromatic carbocycles. The summed E-state index contributed by atoms with van der Waals surface area (Å²) in [5.41, 5.74) is 0.699. The maximum atomic E-state index is 12.4. The van der Waals surface area contributed by atoms with Crippen LogP contribution in [0.3, 0.4) is 0 Å². The Kier molecular flexibility index (Phi) is 4.45. The zero-order valence-electron chi connectivity index (χ0n) is 13.2. The van der Waals surface area contributed by atoms with Crippen LogP contribution in [0.15, 0.2) is 24.4 Å². The molecular formula is C17H24N2O2. The van der Waals surface area contributed by atoms with Crippen molar-refractivity contribution in [2.45, 2.75) is 52.5 Å². The number of nitrogens with zero attached hydrogens (tertiary/aromatic N) is 1. The van der Waals surface area contributed by atoms with Crippen LogP contribution in [0.1, 0.15) is 52.1 Å². The number of hydrogen-bond donors (Lipinski definition) is 1. The van der Waals surface area contributed by atoms with Crippen molar-refractivity contribution in [3.63, 3.8) is 0 Å². The van der Waals surface area contributed by atoms with Crippen LogP contribution in [0.2, 0.25) is 0 Å². The number of Topliss-reactive ketones (excluding diaryl/α,β-unsaturated/α-hetero) is 1. The van der Waals surface area contributed by atoms with Crippen LogP contribution < -0.4 is 5.32 Å². The summed E-state index contributed by atoms with van der Waals surface area (Å²) >= 11 is 0. The number of aromatic nitrogens is 1. The summed E-state index contributed by atoms with van der Waals surface area (Å²) in [5, 5.41) is 2.95. The lowest BCUT2D eigenvalue weighted by atomic mass is 9.83. The predicted molar refractivity (Wildman–Crippen MR) is 81.8 cm³/mol. The number of pyridine rings is 1. The number of amides is 1. The van der Waals surface area contributed by atoms with Gasteiger partial charge < -0.3 is 5.32 Å². The third-order valence-corrected chi connectivity index (χ3v) is 4.02. The van der Waals surface area contributed by atoms with Crippen LogP contribution in [0, 0.1) is 11.3 Å². The molecular weight excluding hydrogens is 264 g/mol. The van der Waals surface area contributed by atoms with Crippen molar-refractivity contribution in [2.24, 2.45) is 11.3 Å². The molecule has 4 nitrogen and oxygen atoms in total. The van der Waals surface area contributed by atoms with Gasteiger partial charge in [0.25, 0.3) is 0 Å². The van der Waals surface area contributed by atoms with Gasteiger partial charge in [0, 0.05) is 30.1 Å². The van der Waals surface area contributed by atoms with E-state index in [-0.39, 0.29) is 28.9 Å². The summed E-state index contributed by atoms with van der Waals surface area (Å²) in [7, 11) is 0. The van der Waals surface area contributed by atoms with E-state index in [9.17, 15) is 9.59 Å². The topological polar surface area (TPSA) is 59.1 Å². The first-order valence-electron chi connectivity index (χ1n) is 7.58. The Labute approximate surface area is 126 Å². The predicted octanol–water partition coefficient (Wildman–Crippen LogP) is 2.70. The number of nitrogens with one attached hydrogen (secondary N) is 1. The molecule has 0 bridgehead atoms. The Hall–Kier alpha value is -1.71. The highest BCUT2D eigenvalue weighted by atomic mass is 16.2. The van der Waals surface area contributed by atoms with Gasteiger partial charge in [-0.3, -0.25) is 14.6 Å². The molecule has 1 aromatic rings. The molecule has 0 aliphatic heterocycles. The van der Waals surface area contributed by atoms with E-state index < -0.39 is 6.04 Å². The molecule has 1 aromatic heterocycles. The van der Waals surface area contributed by atoms with Gasteiger partial charge in [0.05, 0.1) is 6.04 Å². The number of hydrogen-bond acceptors (Lipinski definition) is 3. The fraction of sp³-hybridized carbons (Fsp3) is 0.588. The summed E-state index contributed by atoms with van der Waals surface area (Å²) in [4.78, 5) is 28.7. The molecule has 21 heavy (non-hydrogen) atoms. The molecule has 1 saturated carbocycles. The van der Waals surface area contributed by atoms with Gasteiger partial charge in [-0.05, 0) is 24.0 Å². The summed E-state index contributed by atoms with van der Waals surface area (Å²) in [6.45, 7) is 7.78. The number of carbonyl (C=O) groups excluding carboxylic acids is 2. The van der Waals surface area contributed by atoms with E-state index in [1.165, 1.54) is 0 Å². The minimum atomic E-state index is -0.417. The monoisotopic (exact) mass is 288 g/mol. The lowest BCUT2D eigenvalue weighted by Crippen LogP contribution is -2.49. The highest BCUT2D eigenvalue weighted by Crippen LogP contribution is 2.46. The Bertz CT molecular complexity index is 519. The van der Waals surface area contributed by atoms with Crippen LogP contribution in [-0.2, 0) is 9.59 Å². The Morgan fingerprint density at radius 2 is 2.10 bits per heavy atom. The van der Waals surface area contributed by atoms with Crippen molar-refractivity contribution in [3.05, 3.63) is 30.1 Å². The van der Waals surface area contributed by atoms with Gasteiger partial charge in [-0.1, -0.05) is 33.8 Å². The standard InChI is InChI=1S/C17H24N2O2/c1-5-14(20)15(17(2,3)4)19-16(21)12-10-11(12)13-8-6-7-9-18-13/h6-9,11-12,15H,5,10H2,1-4H3,(H,19,21)/t11?,12-,15-/m1/s1. The minimum absolute atomic E-state index is 0.0209. The van der Waals surface area contributed by atoms with Crippen molar-refractivity contribution >= 4 is 11.7 Å². The van der Waals surface area contributed by atoms with E-state index >= 15 is 0 Å². The summed E-state index contributed by atoms with van der Waals surface area (Å²) in [5.74, 6) is 0.219. The van der Waals surface area contributed by atoms with E-state index in [2.05, 4.69) is 10.3 Å². The smallest absolute Gasteiger partial charge is 0.224 e. The molecule has 1 N–H and O–H groups in total. The van der Waals surface area contributed by atoms with Crippen LogP contribution in [-0.4, -0.2) is 22.7 Å². The van der Waals surface area contributed by atoms with Crippen LogP contribution >= 0.6 is 0 Å². The van der Waals surface area contributed by atoms with Crippen molar-refractivity contribution < 1.29 is 9.59 Å². The average molecular weight is 288 g/mol. The van der Waals surface area contributed by atoms with Crippen LogP contribution in [0.4, 0.5) is 0 Å². The molecule has 1 heterocycles. The molecule has 0 saturated heterocycles. The van der Waals surface area contributed by atoms with Gasteiger partial charge in [0.1, 0.15) is 0 Å². The molecule has 1 unspecified atom stereocenters. The Morgan fingerprint density at radius 1 is 1.38 bits per heavy atom. The zero-order valence-corrected chi connectivity index (χ0v) is 13.2. The molecule has 4 heteroatoms. The van der Waals surface area contributed by atoms with Gasteiger partial charge in [0.15, 0.2) is 5.78 Å². The molecule has 1 aliphatic rings. The lowest BCUT2D eigenvalue weighted by molar-refractivity contribution is -0.130. The third-order valence-electron chi connectivity index (χ3n) is 4.02. The van der Waals surface area contributed by atoms with E-state index in [1.54, 1.807) is 6.20 Å². The van der Waals surface area contributed by atoms with Crippen molar-refractivity contribution in [1.82, 2.24) is 10.3 Å².